The largest absolute Gasteiger partial charge is 0.508 e. The van der Waals surface area contributed by atoms with E-state index in [9.17, 15) is 14.7 Å². The highest BCUT2D eigenvalue weighted by molar-refractivity contribution is 5.69. The maximum Gasteiger partial charge on any atom is 0.508 e. The minimum atomic E-state index is -1.07. The highest BCUT2D eigenvalue weighted by Gasteiger charge is 2.20. The van der Waals surface area contributed by atoms with Crippen molar-refractivity contribution in [2.45, 2.75) is 221 Å². The van der Waals surface area contributed by atoms with Gasteiger partial charge in [0, 0.05) is 39.0 Å². The molecule has 10 heteroatoms. The highest BCUT2D eigenvalue weighted by Crippen LogP contribution is 2.15. The summed E-state index contributed by atoms with van der Waals surface area (Å²) in [4.78, 5) is 27.3. The highest BCUT2D eigenvalue weighted by atomic mass is 16.7. The van der Waals surface area contributed by atoms with Gasteiger partial charge >= 0.3 is 12.1 Å². The van der Waals surface area contributed by atoms with Gasteiger partial charge in [-0.2, -0.15) is 0 Å². The molecule has 1 N–H and O–H groups in total. The van der Waals surface area contributed by atoms with Gasteiger partial charge in [-0.05, 0) is 70.9 Å². The van der Waals surface area contributed by atoms with E-state index in [1.54, 1.807) is 0 Å². The van der Waals surface area contributed by atoms with E-state index in [-0.39, 0.29) is 32.4 Å². The van der Waals surface area contributed by atoms with E-state index < -0.39 is 24.7 Å². The molecule has 0 spiro atoms. The number of hydrogen-bond donors (Lipinski definition) is 1. The van der Waals surface area contributed by atoms with Crippen LogP contribution >= 0.6 is 0 Å². The first-order chi connectivity index (χ1) is 29.4. The maximum atomic E-state index is 12.7. The number of aliphatic hydroxyl groups excluding tert-OH is 1. The Morgan fingerprint density at radius 2 is 1.03 bits per heavy atom. The van der Waals surface area contributed by atoms with Crippen molar-refractivity contribution in [1.82, 2.24) is 4.90 Å². The molecular weight excluding hydrogens is 759 g/mol. The van der Waals surface area contributed by atoms with Crippen LogP contribution < -0.4 is 0 Å². The molecule has 0 fully saturated rings. The van der Waals surface area contributed by atoms with Crippen LogP contribution in [0.5, 0.6) is 0 Å². The molecule has 0 amide bonds. The summed E-state index contributed by atoms with van der Waals surface area (Å²) >= 11 is 0. The van der Waals surface area contributed by atoms with Crippen LogP contribution in [-0.2, 0) is 33.2 Å². The van der Waals surface area contributed by atoms with Crippen molar-refractivity contribution in [3.05, 3.63) is 24.3 Å². The van der Waals surface area contributed by atoms with Gasteiger partial charge in [-0.25, -0.2) is 4.79 Å². The van der Waals surface area contributed by atoms with Crippen LogP contribution in [0, 0.1) is 5.92 Å². The van der Waals surface area contributed by atoms with Gasteiger partial charge < -0.3 is 38.4 Å². The van der Waals surface area contributed by atoms with Crippen LogP contribution in [0.1, 0.15) is 208 Å². The van der Waals surface area contributed by atoms with Crippen LogP contribution in [0.15, 0.2) is 24.3 Å². The number of rotatable bonds is 46. The number of carbonyl (C=O) groups is 2. The van der Waals surface area contributed by atoms with Crippen molar-refractivity contribution in [2.75, 3.05) is 59.3 Å². The fourth-order valence-corrected chi connectivity index (χ4v) is 6.74. The lowest BCUT2D eigenvalue weighted by molar-refractivity contribution is -0.170. The van der Waals surface area contributed by atoms with E-state index in [4.69, 9.17) is 28.4 Å². The van der Waals surface area contributed by atoms with Crippen molar-refractivity contribution in [3.63, 3.8) is 0 Å². The fourth-order valence-electron chi connectivity index (χ4n) is 6.74. The second-order valence-electron chi connectivity index (χ2n) is 16.4. The summed E-state index contributed by atoms with van der Waals surface area (Å²) in [6.07, 6.45) is 35.3. The van der Waals surface area contributed by atoms with Crippen molar-refractivity contribution in [1.29, 1.82) is 0 Å². The number of ether oxygens (including phenoxy) is 6. The number of aliphatic hydroxyl groups is 1. The van der Waals surface area contributed by atoms with Gasteiger partial charge in [-0.3, -0.25) is 4.79 Å². The average Bonchev–Trinajstić information content (AvgIpc) is 3.25. The molecule has 0 radical (unpaired) electrons. The zero-order valence-electron chi connectivity index (χ0n) is 39.7. The first-order valence-corrected chi connectivity index (χ1v) is 24.9. The Hall–Kier alpha value is -1.98. The molecule has 0 aliphatic heterocycles. The lowest BCUT2D eigenvalue weighted by atomic mass is 10.1. The maximum absolute atomic E-state index is 12.7. The summed E-state index contributed by atoms with van der Waals surface area (Å²) in [5.74, 6) is -0.738. The smallest absolute Gasteiger partial charge is 0.465 e. The second-order valence-corrected chi connectivity index (χ2v) is 16.4. The summed E-state index contributed by atoms with van der Waals surface area (Å²) < 4.78 is 34.4. The number of hydrogen-bond acceptors (Lipinski definition) is 10. The molecule has 0 saturated heterocycles. The monoisotopic (exact) mass is 854 g/mol. The van der Waals surface area contributed by atoms with Gasteiger partial charge in [-0.1, -0.05) is 155 Å². The third-order valence-electron chi connectivity index (χ3n) is 10.8. The summed E-state index contributed by atoms with van der Waals surface area (Å²) in [7, 11) is 0. The Labute approximate surface area is 369 Å². The van der Waals surface area contributed by atoms with Crippen LogP contribution in [0.2, 0.25) is 0 Å². The van der Waals surface area contributed by atoms with Crippen LogP contribution in [0.25, 0.3) is 0 Å². The molecule has 0 heterocycles. The quantitative estimate of drug-likeness (QED) is 0.0275. The first kappa shape index (κ1) is 58.0. The van der Waals surface area contributed by atoms with E-state index >= 15 is 0 Å². The van der Waals surface area contributed by atoms with Gasteiger partial charge in [0.05, 0.1) is 25.7 Å². The zero-order chi connectivity index (χ0) is 44.0. The average molecular weight is 854 g/mol. The molecule has 2 unspecified atom stereocenters. The lowest BCUT2D eigenvalue weighted by Crippen LogP contribution is -2.29. The molecule has 10 nitrogen and oxygen atoms in total. The number of esters is 1. The van der Waals surface area contributed by atoms with Crippen molar-refractivity contribution in [2.24, 2.45) is 5.92 Å². The molecule has 0 aliphatic carbocycles. The normalized spacial score (nSPS) is 12.9. The predicted octanol–water partition coefficient (Wildman–Crippen LogP) is 13.0. The molecule has 0 aromatic heterocycles. The van der Waals surface area contributed by atoms with Gasteiger partial charge in [-0.15, -0.1) is 0 Å². The third-order valence-corrected chi connectivity index (χ3v) is 10.8. The summed E-state index contributed by atoms with van der Waals surface area (Å²) in [5.41, 5.74) is 0. The molecule has 0 aromatic carbocycles. The van der Waals surface area contributed by atoms with E-state index in [0.717, 1.165) is 90.3 Å². The Balaban J connectivity index is 4.84. The van der Waals surface area contributed by atoms with Crippen molar-refractivity contribution < 1.29 is 43.1 Å². The first-order valence-electron chi connectivity index (χ1n) is 24.9. The molecule has 0 aromatic rings. The number of unbranched alkanes of at least 4 members (excludes halogenated alkanes) is 18. The molecule has 0 saturated carbocycles. The second kappa shape index (κ2) is 46.5. The third kappa shape index (κ3) is 41.4. The predicted molar refractivity (Wildman–Crippen MR) is 247 cm³/mol. The van der Waals surface area contributed by atoms with Gasteiger partial charge in [0.1, 0.15) is 6.61 Å². The van der Waals surface area contributed by atoms with Crippen LogP contribution in [0.4, 0.5) is 4.79 Å². The lowest BCUT2D eigenvalue weighted by Gasteiger charge is -2.22. The van der Waals surface area contributed by atoms with Gasteiger partial charge in [0.15, 0.2) is 12.6 Å². The Kier molecular flexibility index (Phi) is 45.0. The molecular formula is C50H95NO9. The zero-order valence-corrected chi connectivity index (χ0v) is 39.7. The standard InChI is InChI=1S/C50H95NO9/c1-6-11-14-17-20-21-22-23-24-25-26-27-28-29-32-36-47(52)58-43-46(45-60-50(54)57-42-35-39-51(9-4)10-5)44-59-48(53)37-38-49(55-40-33-30-18-15-12-7-2)56-41-34-31-19-16-13-8-3/h20-21,23-24,46,48-49,53H,6-19,22,25-45H2,1-5H3/b21-20-,24-23-. The fraction of sp³-hybridized carbons (Fsp3) is 0.880. The van der Waals surface area contributed by atoms with Gasteiger partial charge in [0.25, 0.3) is 0 Å². The number of carbonyl (C=O) groups excluding carboxylic acids is 2. The van der Waals surface area contributed by atoms with Crippen molar-refractivity contribution >= 4 is 12.1 Å². The Morgan fingerprint density at radius 1 is 0.517 bits per heavy atom. The molecule has 0 bridgehead atoms. The summed E-state index contributed by atoms with van der Waals surface area (Å²) in [6, 6.07) is 0. The SMILES string of the molecule is CCCCC/C=C\C/C=C\CCCCCCCC(=O)OCC(COC(=O)OCCCN(CC)CC)COC(O)CCC(OCCCCCCCC)OCCCCCCCC. The van der Waals surface area contributed by atoms with Crippen LogP contribution in [-0.4, -0.2) is 94.0 Å². The molecule has 0 aliphatic rings. The molecule has 354 valence electrons. The number of allylic oxidation sites excluding steroid dienone is 4. The minimum Gasteiger partial charge on any atom is -0.465 e. The minimum absolute atomic E-state index is 0.0203. The van der Waals surface area contributed by atoms with Crippen molar-refractivity contribution in [3.8, 4) is 0 Å². The van der Waals surface area contributed by atoms with E-state index in [1.165, 1.54) is 77.0 Å². The van der Waals surface area contributed by atoms with E-state index in [2.05, 4.69) is 63.8 Å². The van der Waals surface area contributed by atoms with E-state index in [0.29, 0.717) is 38.9 Å². The van der Waals surface area contributed by atoms with E-state index in [1.807, 2.05) is 0 Å². The molecule has 2 atom stereocenters. The van der Waals surface area contributed by atoms with Gasteiger partial charge in [0.2, 0.25) is 0 Å². The molecule has 60 heavy (non-hydrogen) atoms. The summed E-state index contributed by atoms with van der Waals surface area (Å²) in [6.45, 7) is 15.2. The number of nitrogens with zero attached hydrogens (tertiary/aromatic N) is 1. The molecule has 0 rings (SSSR count). The Morgan fingerprint density at radius 3 is 1.63 bits per heavy atom. The summed E-state index contributed by atoms with van der Waals surface area (Å²) in [5, 5.41) is 10.8. The van der Waals surface area contributed by atoms with Crippen LogP contribution in [0.3, 0.4) is 0 Å². The Bertz CT molecular complexity index is 955. The topological polar surface area (TPSA) is 113 Å².